The van der Waals surface area contributed by atoms with Crippen molar-refractivity contribution >= 4 is 23.6 Å². The molecule has 2 amide bonds. The van der Waals surface area contributed by atoms with E-state index < -0.39 is 11.4 Å². The summed E-state index contributed by atoms with van der Waals surface area (Å²) in [6, 6.07) is 1.22. The van der Waals surface area contributed by atoms with Gasteiger partial charge in [-0.2, -0.15) is 5.10 Å². The first-order chi connectivity index (χ1) is 9.53. The van der Waals surface area contributed by atoms with Crippen molar-refractivity contribution in [3.8, 4) is 0 Å². The molecule has 7 nitrogen and oxygen atoms in total. The summed E-state index contributed by atoms with van der Waals surface area (Å²) in [5.74, 6) is -1.61. The molecule has 0 atom stereocenters. The van der Waals surface area contributed by atoms with Crippen molar-refractivity contribution < 1.29 is 19.5 Å². The summed E-state index contributed by atoms with van der Waals surface area (Å²) < 4.78 is 0. The smallest absolute Gasteiger partial charge is 0.353 e. The first-order valence-electron chi connectivity index (χ1n) is 6.70. The third-order valence-electron chi connectivity index (χ3n) is 4.23. The number of carboxylic acids is 1. The number of carboxylic acid groups (broad SMARTS) is 1. The minimum atomic E-state index is -1.17. The van der Waals surface area contributed by atoms with E-state index >= 15 is 0 Å². The fraction of sp³-hybridized carbons (Fsp3) is 0.538. The largest absolute Gasteiger partial charge is 0.477 e. The highest BCUT2D eigenvalue weighted by atomic mass is 16.4. The van der Waals surface area contributed by atoms with Gasteiger partial charge in [-0.25, -0.2) is 9.69 Å². The van der Waals surface area contributed by atoms with Gasteiger partial charge < -0.3 is 5.11 Å². The van der Waals surface area contributed by atoms with Crippen molar-refractivity contribution in [2.45, 2.75) is 38.5 Å². The van der Waals surface area contributed by atoms with E-state index in [1.807, 2.05) is 0 Å². The number of amides is 2. The molecule has 2 aliphatic rings. The lowest BCUT2D eigenvalue weighted by molar-refractivity contribution is -0.127. The Morgan fingerprint density at radius 2 is 2.00 bits per heavy atom. The van der Waals surface area contributed by atoms with Crippen molar-refractivity contribution in [1.82, 2.24) is 10.2 Å². The second-order valence-electron chi connectivity index (χ2n) is 5.50. The molecule has 1 aliphatic carbocycles. The topological polar surface area (TPSA) is 103 Å². The van der Waals surface area contributed by atoms with Crippen LogP contribution in [-0.4, -0.2) is 33.1 Å². The van der Waals surface area contributed by atoms with E-state index in [4.69, 9.17) is 5.11 Å². The number of aromatic nitrogens is 2. The second-order valence-corrected chi connectivity index (χ2v) is 5.50. The van der Waals surface area contributed by atoms with Crippen LogP contribution in [0.3, 0.4) is 0 Å². The van der Waals surface area contributed by atoms with Crippen molar-refractivity contribution in [3.63, 3.8) is 0 Å². The molecule has 1 aliphatic heterocycles. The lowest BCUT2D eigenvalue weighted by Gasteiger charge is -2.30. The van der Waals surface area contributed by atoms with Crippen LogP contribution in [0.25, 0.3) is 0 Å². The third-order valence-corrected chi connectivity index (χ3v) is 4.23. The molecular formula is C13H15N3O4. The molecular weight excluding hydrogens is 262 g/mol. The van der Waals surface area contributed by atoms with Gasteiger partial charge in [0.15, 0.2) is 5.82 Å². The van der Waals surface area contributed by atoms with Crippen LogP contribution in [0.1, 0.15) is 49.0 Å². The van der Waals surface area contributed by atoms with Crippen molar-refractivity contribution in [2.75, 3.05) is 4.90 Å². The number of carbonyl (C=O) groups is 3. The van der Waals surface area contributed by atoms with Gasteiger partial charge in [-0.05, 0) is 12.8 Å². The summed E-state index contributed by atoms with van der Waals surface area (Å²) in [5, 5.41) is 15.0. The van der Waals surface area contributed by atoms with E-state index in [0.717, 1.165) is 37.0 Å². The van der Waals surface area contributed by atoms with Gasteiger partial charge >= 0.3 is 5.97 Å². The summed E-state index contributed by atoms with van der Waals surface area (Å²) in [5.41, 5.74) is -0.720. The lowest BCUT2D eigenvalue weighted by Crippen LogP contribution is -2.37. The number of anilines is 1. The molecule has 0 radical (unpaired) electrons. The maximum atomic E-state index is 12.6. The third kappa shape index (κ3) is 1.81. The number of aromatic carboxylic acids is 1. The number of hydrogen-bond acceptors (Lipinski definition) is 4. The van der Waals surface area contributed by atoms with Crippen molar-refractivity contribution in [3.05, 3.63) is 11.8 Å². The molecule has 0 bridgehead atoms. The molecule has 2 N–H and O–H groups in total. The van der Waals surface area contributed by atoms with Gasteiger partial charge in [-0.3, -0.25) is 14.7 Å². The number of H-pyrrole nitrogens is 1. The van der Waals surface area contributed by atoms with Crippen LogP contribution in [-0.2, 0) is 9.59 Å². The quantitative estimate of drug-likeness (QED) is 0.793. The Labute approximate surface area is 115 Å². The van der Waals surface area contributed by atoms with Gasteiger partial charge in [-0.1, -0.05) is 19.3 Å². The summed E-state index contributed by atoms with van der Waals surface area (Å²) in [6.07, 6.45) is 4.66. The molecule has 0 aromatic carbocycles. The van der Waals surface area contributed by atoms with Gasteiger partial charge in [0.2, 0.25) is 11.8 Å². The lowest BCUT2D eigenvalue weighted by atomic mass is 9.73. The number of imide groups is 1. The maximum absolute atomic E-state index is 12.6. The average Bonchev–Trinajstić information content (AvgIpc) is 2.96. The highest BCUT2D eigenvalue weighted by molar-refractivity contribution is 6.22. The zero-order valence-corrected chi connectivity index (χ0v) is 10.9. The second kappa shape index (κ2) is 4.43. The predicted molar refractivity (Wildman–Crippen MR) is 68.2 cm³/mol. The number of nitrogens with zero attached hydrogens (tertiary/aromatic N) is 2. The molecule has 106 valence electrons. The maximum Gasteiger partial charge on any atom is 0.353 e. The van der Waals surface area contributed by atoms with E-state index in [1.165, 1.54) is 6.07 Å². The van der Waals surface area contributed by atoms with Crippen LogP contribution in [0.2, 0.25) is 0 Å². The molecule has 0 unspecified atom stereocenters. The normalized spacial score (nSPS) is 21.7. The first kappa shape index (κ1) is 12.8. The molecule has 20 heavy (non-hydrogen) atoms. The van der Waals surface area contributed by atoms with Gasteiger partial charge in [0.25, 0.3) is 0 Å². The monoisotopic (exact) mass is 277 g/mol. The highest BCUT2D eigenvalue weighted by Crippen LogP contribution is 2.46. The molecule has 1 aromatic heterocycles. The summed E-state index contributed by atoms with van der Waals surface area (Å²) >= 11 is 0. The van der Waals surface area contributed by atoms with Gasteiger partial charge in [0, 0.05) is 12.5 Å². The first-order valence-corrected chi connectivity index (χ1v) is 6.70. The minimum absolute atomic E-state index is 0.0832. The SMILES string of the molecule is O=C(O)c1cc(N2C(=O)CC3(CCCCC3)C2=O)n[nH]1. The van der Waals surface area contributed by atoms with E-state index in [0.29, 0.717) is 0 Å². The molecule has 7 heteroatoms. The van der Waals surface area contributed by atoms with Gasteiger partial charge in [-0.15, -0.1) is 0 Å². The molecule has 2 heterocycles. The summed E-state index contributed by atoms with van der Waals surface area (Å²) in [7, 11) is 0. The highest BCUT2D eigenvalue weighted by Gasteiger charge is 2.52. The Morgan fingerprint density at radius 3 is 2.60 bits per heavy atom. The van der Waals surface area contributed by atoms with Crippen molar-refractivity contribution in [2.24, 2.45) is 5.41 Å². The minimum Gasteiger partial charge on any atom is -0.477 e. The molecule has 1 spiro atoms. The van der Waals surface area contributed by atoms with E-state index in [9.17, 15) is 14.4 Å². The Balaban J connectivity index is 1.91. The standard InChI is InChI=1S/C13H15N3O4/c17-10-7-13(4-2-1-3-5-13)12(20)16(10)9-6-8(11(18)19)14-15-9/h6H,1-5,7H2,(H,14,15)(H,18,19). The molecule has 2 fully saturated rings. The van der Waals surface area contributed by atoms with Crippen LogP contribution in [0.5, 0.6) is 0 Å². The van der Waals surface area contributed by atoms with Gasteiger partial charge in [0.1, 0.15) is 5.69 Å². The Bertz CT molecular complexity index is 586. The number of carbonyl (C=O) groups excluding carboxylic acids is 2. The number of aromatic amines is 1. The van der Waals surface area contributed by atoms with Crippen LogP contribution in [0.15, 0.2) is 6.07 Å². The number of rotatable bonds is 2. The average molecular weight is 277 g/mol. The van der Waals surface area contributed by atoms with Crippen LogP contribution in [0.4, 0.5) is 5.82 Å². The van der Waals surface area contributed by atoms with Crippen molar-refractivity contribution in [1.29, 1.82) is 0 Å². The molecule has 1 saturated heterocycles. The Kier molecular flexibility index (Phi) is 2.84. The zero-order valence-electron chi connectivity index (χ0n) is 10.9. The fourth-order valence-electron chi connectivity index (χ4n) is 3.18. The number of hydrogen-bond donors (Lipinski definition) is 2. The van der Waals surface area contributed by atoms with E-state index in [-0.39, 0.29) is 29.7 Å². The Hall–Kier alpha value is -2.18. The van der Waals surface area contributed by atoms with Gasteiger partial charge in [0.05, 0.1) is 5.41 Å². The van der Waals surface area contributed by atoms with Crippen LogP contribution >= 0.6 is 0 Å². The Morgan fingerprint density at radius 1 is 1.30 bits per heavy atom. The van der Waals surface area contributed by atoms with E-state index in [1.54, 1.807) is 0 Å². The number of nitrogens with one attached hydrogen (secondary N) is 1. The van der Waals surface area contributed by atoms with Crippen LogP contribution in [0, 0.1) is 5.41 Å². The molecule has 3 rings (SSSR count). The summed E-state index contributed by atoms with van der Waals surface area (Å²) in [4.78, 5) is 36.6. The fourth-order valence-corrected chi connectivity index (χ4v) is 3.18. The predicted octanol–water partition coefficient (Wildman–Crippen LogP) is 1.32. The van der Waals surface area contributed by atoms with E-state index in [2.05, 4.69) is 10.2 Å². The molecule has 1 aromatic rings. The zero-order chi connectivity index (χ0) is 14.3. The summed E-state index contributed by atoms with van der Waals surface area (Å²) in [6.45, 7) is 0. The van der Waals surface area contributed by atoms with Crippen LogP contribution < -0.4 is 4.90 Å². The molecule has 1 saturated carbocycles.